The summed E-state index contributed by atoms with van der Waals surface area (Å²) in [5, 5.41) is 16.2. The minimum absolute atomic E-state index is 0.195. The molecule has 0 saturated heterocycles. The average Bonchev–Trinajstić information content (AvgIpc) is 3.03. The van der Waals surface area contributed by atoms with Crippen molar-refractivity contribution in [1.82, 2.24) is 10.6 Å². The summed E-state index contributed by atoms with van der Waals surface area (Å²) in [7, 11) is 0. The van der Waals surface area contributed by atoms with Crippen molar-refractivity contribution in [2.45, 2.75) is 150 Å². The van der Waals surface area contributed by atoms with Gasteiger partial charge in [0, 0.05) is 25.4 Å². The minimum atomic E-state index is -1.28. The van der Waals surface area contributed by atoms with Crippen LogP contribution in [0.2, 0.25) is 0 Å². The molecule has 0 bridgehead atoms. The zero-order chi connectivity index (χ0) is 32.9. The molecule has 2 amide bonds. The monoisotopic (exact) mass is 618 g/mol. The molecule has 1 rings (SSSR count). The van der Waals surface area contributed by atoms with Crippen LogP contribution in [0.1, 0.15) is 143 Å². The molecule has 1 aromatic rings. The number of hydrogen-bond donors (Lipinski definition) is 2. The van der Waals surface area contributed by atoms with E-state index < -0.39 is 17.9 Å². The Labute approximate surface area is 270 Å². The Kier molecular flexibility index (Phi) is 26.6. The number of hydrogen-bond acceptors (Lipinski definition) is 4. The molecule has 7 heteroatoms. The lowest BCUT2D eigenvalue weighted by atomic mass is 10.0. The van der Waals surface area contributed by atoms with Crippen molar-refractivity contribution >= 4 is 17.8 Å². The molecule has 0 aliphatic heterocycles. The van der Waals surface area contributed by atoms with Gasteiger partial charge in [-0.2, -0.15) is 0 Å². The van der Waals surface area contributed by atoms with Crippen molar-refractivity contribution < 1.29 is 24.0 Å². The molecule has 1 aromatic carbocycles. The average molecular weight is 618 g/mol. The van der Waals surface area contributed by atoms with Crippen LogP contribution in [0.25, 0.3) is 0 Å². The fourth-order valence-electron chi connectivity index (χ4n) is 5.54. The fraction of sp³-hybridized carbons (Fsp3) is 0.757. The third kappa shape index (κ3) is 22.2. The minimum Gasteiger partial charge on any atom is -0.550 e. The topological polar surface area (TPSA) is 98.3 Å². The molecule has 0 unspecified atom stereocenters. The van der Waals surface area contributed by atoms with Gasteiger partial charge >= 0.3 is 0 Å². The summed E-state index contributed by atoms with van der Waals surface area (Å²) in [5.74, 6) is -1.96. The summed E-state index contributed by atoms with van der Waals surface area (Å²) in [6.45, 7) is 17.1. The molecule has 0 aromatic heterocycles. The van der Waals surface area contributed by atoms with Gasteiger partial charge in [0.25, 0.3) is 0 Å². The molecular weight excluding hydrogens is 550 g/mol. The van der Waals surface area contributed by atoms with Crippen molar-refractivity contribution in [2.24, 2.45) is 0 Å². The summed E-state index contributed by atoms with van der Waals surface area (Å²) in [6, 6.07) is 8.75. The Morgan fingerprint density at radius 2 is 1.11 bits per heavy atom. The molecule has 2 N–H and O–H groups in total. The van der Waals surface area contributed by atoms with E-state index in [9.17, 15) is 19.5 Å². The van der Waals surface area contributed by atoms with E-state index in [1.807, 2.05) is 30.3 Å². The molecular formula is C37H67N3O4. The van der Waals surface area contributed by atoms with Gasteiger partial charge in [0.05, 0.1) is 26.2 Å². The Bertz CT molecular complexity index is 825. The lowest BCUT2D eigenvalue weighted by Crippen LogP contribution is -2.48. The SMILES string of the molecule is CCCCCCCCCCCCCCCCNC(=O)[C@@H](Cc1ccccc1)NC(=O)CCC(=O)[O-].CC[N+](CC)(CC)CC. The zero-order valence-electron chi connectivity index (χ0n) is 29.1. The predicted molar refractivity (Wildman–Crippen MR) is 182 cm³/mol. The first kappa shape index (κ1) is 41.6. The van der Waals surface area contributed by atoms with Gasteiger partial charge in [-0.1, -0.05) is 121 Å². The van der Waals surface area contributed by atoms with Crippen molar-refractivity contribution in [3.8, 4) is 0 Å². The number of quaternary nitrogens is 1. The molecule has 44 heavy (non-hydrogen) atoms. The molecule has 1 atom stereocenters. The van der Waals surface area contributed by atoms with Crippen LogP contribution >= 0.6 is 0 Å². The highest BCUT2D eigenvalue weighted by molar-refractivity contribution is 5.88. The Balaban J connectivity index is 0.00000177. The van der Waals surface area contributed by atoms with E-state index in [2.05, 4.69) is 45.3 Å². The number of carboxylic acid groups (broad SMARTS) is 1. The van der Waals surface area contributed by atoms with Crippen LogP contribution in [-0.2, 0) is 20.8 Å². The third-order valence-electron chi connectivity index (χ3n) is 9.00. The first-order chi connectivity index (χ1) is 21.3. The number of carbonyl (C=O) groups excluding carboxylic acids is 3. The quantitative estimate of drug-likeness (QED) is 0.0890. The van der Waals surface area contributed by atoms with E-state index >= 15 is 0 Å². The van der Waals surface area contributed by atoms with E-state index in [0.717, 1.165) is 18.4 Å². The highest BCUT2D eigenvalue weighted by atomic mass is 16.4. The van der Waals surface area contributed by atoms with Gasteiger partial charge in [0.2, 0.25) is 11.8 Å². The molecule has 0 spiro atoms. The number of nitrogens with zero attached hydrogens (tertiary/aromatic N) is 1. The molecule has 0 heterocycles. The number of carbonyl (C=O) groups is 3. The highest BCUT2D eigenvalue weighted by Crippen LogP contribution is 2.13. The number of carboxylic acids is 1. The Morgan fingerprint density at radius 1 is 0.659 bits per heavy atom. The van der Waals surface area contributed by atoms with Crippen LogP contribution in [0.3, 0.4) is 0 Å². The van der Waals surface area contributed by atoms with Gasteiger partial charge in [-0.3, -0.25) is 9.59 Å². The van der Waals surface area contributed by atoms with Crippen molar-refractivity contribution in [3.05, 3.63) is 35.9 Å². The van der Waals surface area contributed by atoms with Crippen molar-refractivity contribution in [3.63, 3.8) is 0 Å². The maximum Gasteiger partial charge on any atom is 0.242 e. The molecule has 0 fully saturated rings. The predicted octanol–water partition coefficient (Wildman–Crippen LogP) is 6.72. The standard InChI is InChI=1S/C29H48N2O4.C8H20N/c1-2-3-4-5-6-7-8-9-10-11-12-13-14-18-23-30-29(35)26(24-25-19-16-15-17-20-25)31-27(32)21-22-28(33)34;1-5-9(6-2,7-3)8-4/h15-17,19-20,26H,2-14,18,21-24H2,1H3,(H,30,35)(H,31,32)(H,33,34);5-8H2,1-4H3/q;+1/p-1/t26-;/m1./s1. The first-order valence-electron chi connectivity index (χ1n) is 17.9. The van der Waals surface area contributed by atoms with Gasteiger partial charge in [-0.15, -0.1) is 0 Å². The second-order valence-corrected chi connectivity index (χ2v) is 12.2. The summed E-state index contributed by atoms with van der Waals surface area (Å²) in [5.41, 5.74) is 0.935. The number of nitrogens with one attached hydrogen (secondary N) is 2. The fourth-order valence-corrected chi connectivity index (χ4v) is 5.54. The lowest BCUT2D eigenvalue weighted by molar-refractivity contribution is -0.921. The van der Waals surface area contributed by atoms with Gasteiger partial charge in [0.15, 0.2) is 0 Å². The highest BCUT2D eigenvalue weighted by Gasteiger charge is 2.21. The van der Waals surface area contributed by atoms with Crippen LogP contribution in [0, 0.1) is 0 Å². The normalized spacial score (nSPS) is 11.8. The largest absolute Gasteiger partial charge is 0.550 e. The maximum absolute atomic E-state index is 12.7. The number of rotatable bonds is 26. The van der Waals surface area contributed by atoms with Gasteiger partial charge < -0.3 is 25.0 Å². The summed E-state index contributed by atoms with van der Waals surface area (Å²) < 4.78 is 1.28. The first-order valence-corrected chi connectivity index (χ1v) is 17.9. The molecule has 0 saturated carbocycles. The van der Waals surface area contributed by atoms with Crippen molar-refractivity contribution in [1.29, 1.82) is 0 Å². The summed E-state index contributed by atoms with van der Waals surface area (Å²) in [4.78, 5) is 35.4. The van der Waals surface area contributed by atoms with Crippen LogP contribution in [0.5, 0.6) is 0 Å². The van der Waals surface area contributed by atoms with E-state index in [1.165, 1.54) is 108 Å². The van der Waals surface area contributed by atoms with Crippen LogP contribution in [0.15, 0.2) is 30.3 Å². The number of benzene rings is 1. The second-order valence-electron chi connectivity index (χ2n) is 12.2. The molecule has 7 nitrogen and oxygen atoms in total. The van der Waals surface area contributed by atoms with Crippen molar-refractivity contribution in [2.75, 3.05) is 32.7 Å². The Morgan fingerprint density at radius 3 is 1.52 bits per heavy atom. The maximum atomic E-state index is 12.7. The van der Waals surface area contributed by atoms with E-state index in [1.54, 1.807) is 0 Å². The lowest BCUT2D eigenvalue weighted by Gasteiger charge is -2.34. The van der Waals surface area contributed by atoms with Gasteiger partial charge in [0.1, 0.15) is 6.04 Å². The smallest absolute Gasteiger partial charge is 0.242 e. The molecule has 0 aliphatic carbocycles. The van der Waals surface area contributed by atoms with E-state index in [0.29, 0.717) is 13.0 Å². The summed E-state index contributed by atoms with van der Waals surface area (Å²) >= 11 is 0. The summed E-state index contributed by atoms with van der Waals surface area (Å²) in [6.07, 6.45) is 17.8. The zero-order valence-corrected chi connectivity index (χ0v) is 29.1. The number of amides is 2. The van der Waals surface area contributed by atoms with Crippen LogP contribution < -0.4 is 15.7 Å². The van der Waals surface area contributed by atoms with Crippen LogP contribution in [0.4, 0.5) is 0 Å². The molecule has 254 valence electrons. The van der Waals surface area contributed by atoms with E-state index in [4.69, 9.17) is 0 Å². The third-order valence-corrected chi connectivity index (χ3v) is 9.00. The number of unbranched alkanes of at least 4 members (excludes halogenated alkanes) is 13. The van der Waals surface area contributed by atoms with E-state index in [-0.39, 0.29) is 18.7 Å². The van der Waals surface area contributed by atoms with Crippen LogP contribution in [-0.4, -0.2) is 61.0 Å². The second kappa shape index (κ2) is 28.1. The molecule has 0 aliphatic rings. The van der Waals surface area contributed by atoms with Gasteiger partial charge in [-0.05, 0) is 46.1 Å². The van der Waals surface area contributed by atoms with Gasteiger partial charge in [-0.25, -0.2) is 0 Å². The molecule has 0 radical (unpaired) electrons. The number of aliphatic carboxylic acids is 1. The Hall–Kier alpha value is -2.41.